The Morgan fingerprint density at radius 1 is 1.22 bits per heavy atom. The first-order valence-corrected chi connectivity index (χ1v) is 8.23. The highest BCUT2D eigenvalue weighted by Gasteiger charge is 2.30. The van der Waals surface area contributed by atoms with Gasteiger partial charge in [-0.1, -0.05) is 5.16 Å². The van der Waals surface area contributed by atoms with Crippen LogP contribution in [0.3, 0.4) is 0 Å². The number of carbonyl (C=O) groups is 1. The summed E-state index contributed by atoms with van der Waals surface area (Å²) in [5.41, 5.74) is 0.457. The number of aromatic nitrogens is 3. The van der Waals surface area contributed by atoms with Gasteiger partial charge in [0, 0.05) is 63.6 Å². The lowest BCUT2D eigenvalue weighted by Crippen LogP contribution is -2.49. The monoisotopic (exact) mass is 315 g/mol. The maximum Gasteiger partial charge on any atom is 0.276 e. The van der Waals surface area contributed by atoms with Crippen molar-refractivity contribution in [2.45, 2.75) is 25.3 Å². The summed E-state index contributed by atoms with van der Waals surface area (Å²) >= 11 is 0. The van der Waals surface area contributed by atoms with E-state index in [1.54, 1.807) is 6.20 Å². The molecule has 1 saturated carbocycles. The van der Waals surface area contributed by atoms with E-state index in [9.17, 15) is 4.79 Å². The predicted octanol–water partition coefficient (Wildman–Crippen LogP) is 1.21. The van der Waals surface area contributed by atoms with Crippen LogP contribution in [-0.2, 0) is 6.54 Å². The fourth-order valence-corrected chi connectivity index (χ4v) is 2.96. The zero-order chi connectivity index (χ0) is 15.6. The molecule has 2 aromatic heterocycles. The van der Waals surface area contributed by atoms with E-state index in [0.717, 1.165) is 57.9 Å². The molecule has 2 aromatic rings. The summed E-state index contributed by atoms with van der Waals surface area (Å²) in [7, 11) is 0. The van der Waals surface area contributed by atoms with Crippen molar-refractivity contribution in [1.82, 2.24) is 24.5 Å². The Morgan fingerprint density at radius 2 is 2.04 bits per heavy atom. The molecule has 0 unspecified atom stereocenters. The maximum absolute atomic E-state index is 12.5. The third kappa shape index (κ3) is 3.29. The number of rotatable bonds is 5. The average molecular weight is 315 g/mol. The molecular weight excluding hydrogens is 294 g/mol. The third-order valence-corrected chi connectivity index (χ3v) is 4.62. The van der Waals surface area contributed by atoms with E-state index in [1.165, 1.54) is 0 Å². The number of hydrogen-bond donors (Lipinski definition) is 0. The minimum absolute atomic E-state index is 0.00471. The van der Waals surface area contributed by atoms with Crippen LogP contribution >= 0.6 is 0 Å². The molecule has 7 heteroatoms. The van der Waals surface area contributed by atoms with Gasteiger partial charge >= 0.3 is 0 Å². The standard InChI is InChI=1S/C16H21N5O2/c22-16(14-11-15(23-18-14)13-1-2-13)21-9-7-19(8-10-21)5-6-20-4-3-17-12-20/h3-4,11-13H,1-2,5-10H2. The summed E-state index contributed by atoms with van der Waals surface area (Å²) in [6, 6.07) is 1.82. The molecule has 1 amide bonds. The van der Waals surface area contributed by atoms with Gasteiger partial charge in [0.1, 0.15) is 5.76 Å². The number of carbonyl (C=O) groups excluding carboxylic acids is 1. The number of piperazine rings is 1. The van der Waals surface area contributed by atoms with Crippen LogP contribution in [0.15, 0.2) is 29.3 Å². The van der Waals surface area contributed by atoms with Gasteiger partial charge in [0.25, 0.3) is 5.91 Å². The van der Waals surface area contributed by atoms with Gasteiger partial charge in [-0.15, -0.1) is 0 Å². The summed E-state index contributed by atoms with van der Waals surface area (Å²) in [4.78, 5) is 20.8. The molecule has 1 aliphatic heterocycles. The molecule has 23 heavy (non-hydrogen) atoms. The average Bonchev–Trinajstić information content (AvgIpc) is 3.11. The van der Waals surface area contributed by atoms with Gasteiger partial charge in [-0.25, -0.2) is 4.98 Å². The molecule has 0 bridgehead atoms. The van der Waals surface area contributed by atoms with Gasteiger partial charge in [-0.2, -0.15) is 0 Å². The van der Waals surface area contributed by atoms with Crippen molar-refractivity contribution in [3.63, 3.8) is 0 Å². The minimum Gasteiger partial charge on any atom is -0.360 e. The Bertz CT molecular complexity index is 654. The zero-order valence-electron chi connectivity index (χ0n) is 13.1. The summed E-state index contributed by atoms with van der Waals surface area (Å²) in [6.07, 6.45) is 7.91. The highest BCUT2D eigenvalue weighted by molar-refractivity contribution is 5.92. The van der Waals surface area contributed by atoms with E-state index < -0.39 is 0 Å². The van der Waals surface area contributed by atoms with Crippen LogP contribution in [0.4, 0.5) is 0 Å². The van der Waals surface area contributed by atoms with Crippen molar-refractivity contribution >= 4 is 5.91 Å². The lowest BCUT2D eigenvalue weighted by atomic mass is 10.2. The minimum atomic E-state index is -0.00471. The quantitative estimate of drug-likeness (QED) is 0.829. The van der Waals surface area contributed by atoms with E-state index in [4.69, 9.17) is 4.52 Å². The van der Waals surface area contributed by atoms with Crippen LogP contribution in [0.5, 0.6) is 0 Å². The molecule has 4 rings (SSSR count). The van der Waals surface area contributed by atoms with E-state index in [2.05, 4.69) is 19.6 Å². The van der Waals surface area contributed by atoms with Crippen LogP contribution in [-0.4, -0.2) is 63.1 Å². The van der Waals surface area contributed by atoms with Gasteiger partial charge in [-0.05, 0) is 12.8 Å². The molecule has 7 nitrogen and oxygen atoms in total. The van der Waals surface area contributed by atoms with Gasteiger partial charge in [0.2, 0.25) is 0 Å². The van der Waals surface area contributed by atoms with Crippen molar-refractivity contribution in [3.8, 4) is 0 Å². The molecule has 2 aliphatic rings. The lowest BCUT2D eigenvalue weighted by Gasteiger charge is -2.34. The van der Waals surface area contributed by atoms with E-state index in [0.29, 0.717) is 11.6 Å². The van der Waals surface area contributed by atoms with Crippen molar-refractivity contribution in [2.75, 3.05) is 32.7 Å². The molecule has 0 atom stereocenters. The normalized spacial score (nSPS) is 19.2. The van der Waals surface area contributed by atoms with Crippen LogP contribution < -0.4 is 0 Å². The van der Waals surface area contributed by atoms with Crippen molar-refractivity contribution in [1.29, 1.82) is 0 Å². The van der Waals surface area contributed by atoms with Crippen LogP contribution in [0.25, 0.3) is 0 Å². The van der Waals surface area contributed by atoms with Crippen LogP contribution in [0, 0.1) is 0 Å². The maximum atomic E-state index is 12.5. The molecule has 1 aliphatic carbocycles. The molecule has 2 fully saturated rings. The third-order valence-electron chi connectivity index (χ3n) is 4.62. The largest absolute Gasteiger partial charge is 0.360 e. The van der Waals surface area contributed by atoms with Gasteiger partial charge in [0.15, 0.2) is 5.69 Å². The Kier molecular flexibility index (Phi) is 3.87. The molecule has 0 spiro atoms. The second-order valence-corrected chi connectivity index (χ2v) is 6.32. The second-order valence-electron chi connectivity index (χ2n) is 6.32. The molecule has 3 heterocycles. The number of nitrogens with zero attached hydrogens (tertiary/aromatic N) is 5. The van der Waals surface area contributed by atoms with Gasteiger partial charge in [-0.3, -0.25) is 9.69 Å². The highest BCUT2D eigenvalue weighted by atomic mass is 16.5. The highest BCUT2D eigenvalue weighted by Crippen LogP contribution is 2.40. The molecular formula is C16H21N5O2. The number of hydrogen-bond acceptors (Lipinski definition) is 5. The first-order valence-electron chi connectivity index (χ1n) is 8.23. The molecule has 1 saturated heterocycles. The fourth-order valence-electron chi connectivity index (χ4n) is 2.96. The SMILES string of the molecule is O=C(c1cc(C2CC2)on1)N1CCN(CCn2ccnc2)CC1. The second kappa shape index (κ2) is 6.16. The summed E-state index contributed by atoms with van der Waals surface area (Å²) in [6.45, 7) is 5.19. The van der Waals surface area contributed by atoms with Gasteiger partial charge in [0.05, 0.1) is 6.33 Å². The topological polar surface area (TPSA) is 67.4 Å². The molecule has 0 aromatic carbocycles. The molecule has 0 N–H and O–H groups in total. The van der Waals surface area contributed by atoms with Crippen molar-refractivity contribution < 1.29 is 9.32 Å². The van der Waals surface area contributed by atoms with Crippen molar-refractivity contribution in [2.24, 2.45) is 0 Å². The fraction of sp³-hybridized carbons (Fsp3) is 0.562. The Morgan fingerprint density at radius 3 is 2.74 bits per heavy atom. The number of amides is 1. The first-order chi connectivity index (χ1) is 11.3. The summed E-state index contributed by atoms with van der Waals surface area (Å²) in [5, 5.41) is 3.95. The summed E-state index contributed by atoms with van der Waals surface area (Å²) in [5.74, 6) is 1.35. The predicted molar refractivity (Wildman–Crippen MR) is 83.0 cm³/mol. The Labute approximate surface area is 134 Å². The Hall–Kier alpha value is -2.15. The molecule has 122 valence electrons. The molecule has 0 radical (unpaired) electrons. The van der Waals surface area contributed by atoms with Gasteiger partial charge < -0.3 is 14.0 Å². The number of imidazole rings is 1. The van der Waals surface area contributed by atoms with E-state index >= 15 is 0 Å². The smallest absolute Gasteiger partial charge is 0.276 e. The lowest BCUT2D eigenvalue weighted by molar-refractivity contribution is 0.0623. The summed E-state index contributed by atoms with van der Waals surface area (Å²) < 4.78 is 7.36. The van der Waals surface area contributed by atoms with E-state index in [-0.39, 0.29) is 5.91 Å². The van der Waals surface area contributed by atoms with E-state index in [1.807, 2.05) is 23.5 Å². The van der Waals surface area contributed by atoms with Crippen LogP contribution in [0.2, 0.25) is 0 Å². The first kappa shape index (κ1) is 14.4. The van der Waals surface area contributed by atoms with Crippen molar-refractivity contribution in [3.05, 3.63) is 36.2 Å². The Balaban J connectivity index is 1.27. The van der Waals surface area contributed by atoms with Crippen LogP contribution in [0.1, 0.15) is 35.0 Å². The zero-order valence-corrected chi connectivity index (χ0v) is 13.1.